The minimum atomic E-state index is -1.35. The Hall–Kier alpha value is -2.43. The molecule has 0 bridgehead atoms. The minimum absolute atomic E-state index is 0.238. The van der Waals surface area contributed by atoms with Crippen LogP contribution in [-0.4, -0.2) is 11.1 Å². The van der Waals surface area contributed by atoms with E-state index in [2.05, 4.69) is 5.32 Å². The molecule has 0 aromatic heterocycles. The number of halogens is 2. The molecule has 3 nitrogen and oxygen atoms in total. The van der Waals surface area contributed by atoms with Crippen LogP contribution in [0.1, 0.15) is 17.2 Å². The van der Waals surface area contributed by atoms with E-state index >= 15 is 0 Å². The number of hydrogen-bond acceptors (Lipinski definition) is 2. The quantitative estimate of drug-likeness (QED) is 0.899. The third-order valence-corrected chi connectivity index (χ3v) is 2.90. The molecule has 0 amide bonds. The number of nitrogens with one attached hydrogen (secondary N) is 1. The summed E-state index contributed by atoms with van der Waals surface area (Å²) in [5.41, 5.74) is 1.30. The van der Waals surface area contributed by atoms with Crippen LogP contribution in [0.2, 0.25) is 0 Å². The van der Waals surface area contributed by atoms with Gasteiger partial charge in [0.25, 0.3) is 0 Å². The van der Waals surface area contributed by atoms with Crippen LogP contribution >= 0.6 is 0 Å². The van der Waals surface area contributed by atoms with Crippen LogP contribution in [0.4, 0.5) is 14.5 Å². The topological polar surface area (TPSA) is 49.3 Å². The van der Waals surface area contributed by atoms with Crippen molar-refractivity contribution in [2.45, 2.75) is 13.0 Å². The Labute approximate surface area is 114 Å². The Bertz CT molecular complexity index is 626. The molecule has 0 spiro atoms. The largest absolute Gasteiger partial charge is 0.479 e. The molecule has 0 heterocycles. The summed E-state index contributed by atoms with van der Waals surface area (Å²) in [6.45, 7) is 1.89. The molecule has 0 saturated heterocycles. The fraction of sp³-hybridized carbons (Fsp3) is 0.133. The molecule has 0 aliphatic rings. The number of aryl methyl sites for hydroxylation is 1. The molecule has 0 radical (unpaired) electrons. The Morgan fingerprint density at radius 1 is 1.15 bits per heavy atom. The van der Waals surface area contributed by atoms with E-state index in [0.717, 1.165) is 11.6 Å². The van der Waals surface area contributed by atoms with Crippen molar-refractivity contribution in [2.24, 2.45) is 0 Å². The molecule has 2 N–H and O–H groups in total. The molecule has 5 heteroatoms. The summed E-state index contributed by atoms with van der Waals surface area (Å²) in [6.07, 6.45) is 0. The van der Waals surface area contributed by atoms with Crippen LogP contribution in [0.25, 0.3) is 0 Å². The van der Waals surface area contributed by atoms with Gasteiger partial charge in [-0.3, -0.25) is 0 Å². The standard InChI is InChI=1S/C15H13F2NO2/c1-9-5-7-10(8-6-9)18-14(15(19)20)11-3-2-4-12(16)13(11)17/h2-8,14,18H,1H3,(H,19,20). The molecular weight excluding hydrogens is 264 g/mol. The number of rotatable bonds is 4. The zero-order chi connectivity index (χ0) is 14.7. The van der Waals surface area contributed by atoms with Crippen LogP contribution in [0.5, 0.6) is 0 Å². The molecule has 20 heavy (non-hydrogen) atoms. The lowest BCUT2D eigenvalue weighted by Gasteiger charge is -2.17. The maximum absolute atomic E-state index is 13.7. The van der Waals surface area contributed by atoms with Gasteiger partial charge in [0.2, 0.25) is 0 Å². The van der Waals surface area contributed by atoms with Crippen molar-refractivity contribution in [3.8, 4) is 0 Å². The molecular formula is C15H13F2NO2. The number of carbonyl (C=O) groups is 1. The van der Waals surface area contributed by atoms with Gasteiger partial charge in [0.1, 0.15) is 0 Å². The molecule has 0 fully saturated rings. The average molecular weight is 277 g/mol. The summed E-state index contributed by atoms with van der Waals surface area (Å²) in [5, 5.41) is 11.9. The van der Waals surface area contributed by atoms with Crippen molar-refractivity contribution in [2.75, 3.05) is 5.32 Å². The van der Waals surface area contributed by atoms with Gasteiger partial charge >= 0.3 is 5.97 Å². The molecule has 2 aromatic carbocycles. The van der Waals surface area contributed by atoms with E-state index < -0.39 is 23.6 Å². The lowest BCUT2D eigenvalue weighted by atomic mass is 10.1. The summed E-state index contributed by atoms with van der Waals surface area (Å²) in [4.78, 5) is 11.3. The van der Waals surface area contributed by atoms with Crippen molar-refractivity contribution >= 4 is 11.7 Å². The van der Waals surface area contributed by atoms with E-state index in [4.69, 9.17) is 0 Å². The molecule has 2 aromatic rings. The second kappa shape index (κ2) is 5.69. The van der Waals surface area contributed by atoms with Crippen LogP contribution < -0.4 is 5.32 Å². The summed E-state index contributed by atoms with van der Waals surface area (Å²) in [7, 11) is 0. The first-order valence-electron chi connectivity index (χ1n) is 5.99. The van der Waals surface area contributed by atoms with Gasteiger partial charge in [-0.15, -0.1) is 0 Å². The van der Waals surface area contributed by atoms with E-state index in [-0.39, 0.29) is 5.56 Å². The number of anilines is 1. The predicted octanol–water partition coefficient (Wildman–Crippen LogP) is 3.51. The fourth-order valence-corrected chi connectivity index (χ4v) is 1.83. The zero-order valence-electron chi connectivity index (χ0n) is 10.7. The van der Waals surface area contributed by atoms with Crippen molar-refractivity contribution in [3.05, 3.63) is 65.2 Å². The van der Waals surface area contributed by atoms with Crippen LogP contribution in [0.3, 0.4) is 0 Å². The summed E-state index contributed by atoms with van der Waals surface area (Å²) >= 11 is 0. The smallest absolute Gasteiger partial charge is 0.330 e. The third kappa shape index (κ3) is 2.93. The molecule has 1 atom stereocenters. The molecule has 2 rings (SSSR count). The number of carboxylic acid groups (broad SMARTS) is 1. The Morgan fingerprint density at radius 2 is 1.80 bits per heavy atom. The van der Waals surface area contributed by atoms with Gasteiger partial charge in [-0.25, -0.2) is 13.6 Å². The second-order valence-electron chi connectivity index (χ2n) is 4.42. The van der Waals surface area contributed by atoms with E-state index in [1.165, 1.54) is 12.1 Å². The predicted molar refractivity (Wildman–Crippen MR) is 71.5 cm³/mol. The van der Waals surface area contributed by atoms with Crippen LogP contribution in [-0.2, 0) is 4.79 Å². The van der Waals surface area contributed by atoms with Gasteiger partial charge in [-0.05, 0) is 25.1 Å². The first-order valence-corrected chi connectivity index (χ1v) is 5.99. The number of aliphatic carboxylic acids is 1. The molecule has 0 saturated carbocycles. The lowest BCUT2D eigenvalue weighted by molar-refractivity contribution is -0.138. The van der Waals surface area contributed by atoms with Gasteiger partial charge in [-0.1, -0.05) is 29.8 Å². The second-order valence-corrected chi connectivity index (χ2v) is 4.42. The number of carboxylic acids is 1. The summed E-state index contributed by atoms with van der Waals surface area (Å²) in [6, 6.07) is 9.08. The maximum Gasteiger partial charge on any atom is 0.330 e. The Morgan fingerprint density at radius 3 is 2.40 bits per heavy atom. The van der Waals surface area contributed by atoms with Gasteiger partial charge in [-0.2, -0.15) is 0 Å². The average Bonchev–Trinajstić information content (AvgIpc) is 2.41. The van der Waals surface area contributed by atoms with Gasteiger partial charge < -0.3 is 10.4 Å². The monoisotopic (exact) mass is 277 g/mol. The SMILES string of the molecule is Cc1ccc(NC(C(=O)O)c2cccc(F)c2F)cc1. The normalized spacial score (nSPS) is 11.9. The highest BCUT2D eigenvalue weighted by molar-refractivity contribution is 5.79. The lowest BCUT2D eigenvalue weighted by Crippen LogP contribution is -2.22. The first-order chi connectivity index (χ1) is 9.49. The fourth-order valence-electron chi connectivity index (χ4n) is 1.83. The molecule has 0 aliphatic heterocycles. The van der Waals surface area contributed by atoms with Crippen LogP contribution in [0, 0.1) is 18.6 Å². The number of hydrogen-bond donors (Lipinski definition) is 2. The highest BCUT2D eigenvalue weighted by Gasteiger charge is 2.24. The summed E-state index contributed by atoms with van der Waals surface area (Å²) in [5.74, 6) is -3.51. The van der Waals surface area contributed by atoms with E-state index in [9.17, 15) is 18.7 Å². The highest BCUT2D eigenvalue weighted by atomic mass is 19.2. The zero-order valence-corrected chi connectivity index (χ0v) is 10.7. The van der Waals surface area contributed by atoms with Gasteiger partial charge in [0.05, 0.1) is 0 Å². The third-order valence-electron chi connectivity index (χ3n) is 2.90. The van der Waals surface area contributed by atoms with Gasteiger partial charge in [0, 0.05) is 11.3 Å². The summed E-state index contributed by atoms with van der Waals surface area (Å²) < 4.78 is 26.9. The van der Waals surface area contributed by atoms with Gasteiger partial charge in [0.15, 0.2) is 17.7 Å². The molecule has 104 valence electrons. The van der Waals surface area contributed by atoms with Crippen molar-refractivity contribution < 1.29 is 18.7 Å². The van der Waals surface area contributed by atoms with Crippen LogP contribution in [0.15, 0.2) is 42.5 Å². The van der Waals surface area contributed by atoms with Crippen molar-refractivity contribution in [1.82, 2.24) is 0 Å². The van der Waals surface area contributed by atoms with Crippen molar-refractivity contribution in [1.29, 1.82) is 0 Å². The minimum Gasteiger partial charge on any atom is -0.479 e. The maximum atomic E-state index is 13.7. The van der Waals surface area contributed by atoms with Crippen molar-refractivity contribution in [3.63, 3.8) is 0 Å². The van der Waals surface area contributed by atoms with E-state index in [1.807, 2.05) is 6.92 Å². The highest BCUT2D eigenvalue weighted by Crippen LogP contribution is 2.24. The number of benzene rings is 2. The molecule has 1 unspecified atom stereocenters. The first kappa shape index (κ1) is 14.0. The Kier molecular flexibility index (Phi) is 3.98. The van der Waals surface area contributed by atoms with E-state index in [0.29, 0.717) is 5.69 Å². The Balaban J connectivity index is 2.34. The van der Waals surface area contributed by atoms with E-state index in [1.54, 1.807) is 24.3 Å². The molecule has 0 aliphatic carbocycles.